The van der Waals surface area contributed by atoms with Crippen LogP contribution in [0.3, 0.4) is 0 Å². The number of fused-ring (bicyclic) bond motifs is 1. The summed E-state index contributed by atoms with van der Waals surface area (Å²) in [4.78, 5) is 36.3. The van der Waals surface area contributed by atoms with E-state index in [0.29, 0.717) is 13.1 Å². The molecule has 1 aromatic carbocycles. The van der Waals surface area contributed by atoms with Crippen LogP contribution in [0.1, 0.15) is 56.6 Å². The molecule has 10 heteroatoms. The zero-order chi connectivity index (χ0) is 26.5. The molecule has 38 heavy (non-hydrogen) atoms. The second-order valence-corrected chi connectivity index (χ2v) is 10.4. The van der Waals surface area contributed by atoms with Crippen molar-refractivity contribution >= 4 is 28.7 Å². The van der Waals surface area contributed by atoms with Crippen molar-refractivity contribution in [2.75, 3.05) is 19.6 Å². The fourth-order valence-electron chi connectivity index (χ4n) is 5.80. The number of H-pyrrole nitrogens is 1. The molecule has 1 aliphatic heterocycles. The Balaban J connectivity index is 1.15. The van der Waals surface area contributed by atoms with Crippen LogP contribution in [0.25, 0.3) is 22.2 Å². The lowest BCUT2D eigenvalue weighted by Gasteiger charge is -2.32. The van der Waals surface area contributed by atoms with Gasteiger partial charge in [-0.15, -0.1) is 0 Å². The molecule has 6 N–H and O–H groups in total. The van der Waals surface area contributed by atoms with Crippen LogP contribution >= 0.6 is 0 Å². The normalized spacial score (nSPS) is 17.7. The van der Waals surface area contributed by atoms with Crippen LogP contribution in [0.5, 0.6) is 0 Å². The van der Waals surface area contributed by atoms with Gasteiger partial charge in [0.05, 0.1) is 17.8 Å². The van der Waals surface area contributed by atoms with Crippen LogP contribution in [0.2, 0.25) is 0 Å². The number of piperidine rings is 1. The Hall–Kier alpha value is -3.95. The number of likely N-dealkylation sites (tertiary alicyclic amines) is 1. The van der Waals surface area contributed by atoms with E-state index >= 15 is 0 Å². The van der Waals surface area contributed by atoms with E-state index in [4.69, 9.17) is 11.5 Å². The standard InChI is InChI=1S/C28H36N8O2/c29-28(30)33-26(20-6-2-1-3-7-20)27(38)32-17-24(37)36-14-11-18(12-15-36)22-16-23(35-34-22)21-10-4-8-19-9-5-13-31-25(19)21/h4-5,8-10,13,16,18,20,26H,1-3,6-7,11-12,14-15,17H2,(H,32,38)(H,34,35)(H4,29,30,33)/t26-/m1/s1. The minimum Gasteiger partial charge on any atom is -0.370 e. The first-order valence-electron chi connectivity index (χ1n) is 13.5. The van der Waals surface area contributed by atoms with Crippen LogP contribution < -0.4 is 16.8 Å². The van der Waals surface area contributed by atoms with E-state index in [2.05, 4.69) is 31.6 Å². The molecule has 0 unspecified atom stereocenters. The van der Waals surface area contributed by atoms with E-state index in [1.807, 2.05) is 35.2 Å². The molecular weight excluding hydrogens is 480 g/mol. The number of para-hydroxylation sites is 1. The summed E-state index contributed by atoms with van der Waals surface area (Å²) in [5.41, 5.74) is 15.1. The number of nitrogens with one attached hydrogen (secondary N) is 2. The quantitative estimate of drug-likeness (QED) is 0.279. The lowest BCUT2D eigenvalue weighted by atomic mass is 9.83. The zero-order valence-electron chi connectivity index (χ0n) is 21.6. The van der Waals surface area contributed by atoms with Gasteiger partial charge in [0, 0.05) is 41.8 Å². The number of aliphatic imine (C=N–C) groups is 1. The highest BCUT2D eigenvalue weighted by Gasteiger charge is 2.31. The zero-order valence-corrected chi connectivity index (χ0v) is 21.6. The number of carbonyl (C=O) groups excluding carboxylic acids is 2. The second-order valence-electron chi connectivity index (χ2n) is 10.4. The molecule has 0 radical (unpaired) electrons. The molecule has 5 rings (SSSR count). The van der Waals surface area contributed by atoms with Crippen molar-refractivity contribution in [3.8, 4) is 11.3 Å². The minimum absolute atomic E-state index is 0.0466. The number of hydrogen-bond acceptors (Lipinski definition) is 5. The lowest BCUT2D eigenvalue weighted by molar-refractivity contribution is -0.134. The van der Waals surface area contributed by atoms with Crippen LogP contribution in [0.15, 0.2) is 47.6 Å². The van der Waals surface area contributed by atoms with Crippen LogP contribution in [-0.2, 0) is 9.59 Å². The van der Waals surface area contributed by atoms with E-state index in [0.717, 1.165) is 66.4 Å². The number of hydrogen-bond donors (Lipinski definition) is 4. The van der Waals surface area contributed by atoms with Gasteiger partial charge < -0.3 is 21.7 Å². The number of rotatable bonds is 7. The third kappa shape index (κ3) is 5.79. The van der Waals surface area contributed by atoms with E-state index < -0.39 is 6.04 Å². The molecule has 1 atom stereocenters. The molecule has 1 saturated heterocycles. The van der Waals surface area contributed by atoms with Gasteiger partial charge in [-0.2, -0.15) is 5.10 Å². The van der Waals surface area contributed by atoms with Crippen molar-refractivity contribution in [2.24, 2.45) is 22.4 Å². The largest absolute Gasteiger partial charge is 0.370 e. The molecule has 3 aromatic rings. The van der Waals surface area contributed by atoms with Gasteiger partial charge in [0.25, 0.3) is 0 Å². The second kappa shape index (κ2) is 11.6. The summed E-state index contributed by atoms with van der Waals surface area (Å²) >= 11 is 0. The Labute approximate surface area is 222 Å². The van der Waals surface area contributed by atoms with Crippen molar-refractivity contribution in [2.45, 2.75) is 56.9 Å². The van der Waals surface area contributed by atoms with Crippen molar-refractivity contribution in [3.05, 3.63) is 48.3 Å². The first kappa shape index (κ1) is 25.7. The van der Waals surface area contributed by atoms with E-state index in [1.54, 1.807) is 6.20 Å². The van der Waals surface area contributed by atoms with E-state index in [9.17, 15) is 9.59 Å². The maximum Gasteiger partial charge on any atom is 0.245 e. The van der Waals surface area contributed by atoms with Crippen LogP contribution in [-0.4, -0.2) is 63.5 Å². The number of pyridine rings is 1. The van der Waals surface area contributed by atoms with Gasteiger partial charge in [-0.3, -0.25) is 19.7 Å². The number of aromatic nitrogens is 3. The number of nitrogens with two attached hydrogens (primary N) is 2. The molecule has 1 aliphatic carbocycles. The van der Waals surface area contributed by atoms with Crippen LogP contribution in [0, 0.1) is 5.92 Å². The number of amides is 2. The number of aromatic amines is 1. The highest BCUT2D eigenvalue weighted by molar-refractivity contribution is 5.92. The summed E-state index contributed by atoms with van der Waals surface area (Å²) in [6.07, 6.45) is 8.60. The summed E-state index contributed by atoms with van der Waals surface area (Å²) in [6.45, 7) is 1.21. The number of benzene rings is 1. The Morgan fingerprint density at radius 2 is 1.84 bits per heavy atom. The highest BCUT2D eigenvalue weighted by Crippen LogP contribution is 2.32. The fourth-order valence-corrected chi connectivity index (χ4v) is 5.80. The van der Waals surface area contributed by atoms with Gasteiger partial charge in [0.15, 0.2) is 5.96 Å². The molecular formula is C28H36N8O2. The maximum absolute atomic E-state index is 12.9. The molecule has 200 valence electrons. The summed E-state index contributed by atoms with van der Waals surface area (Å²) in [5, 5.41) is 11.7. The average Bonchev–Trinajstić information content (AvgIpc) is 3.45. The molecule has 2 aromatic heterocycles. The van der Waals surface area contributed by atoms with Crippen molar-refractivity contribution in [1.29, 1.82) is 0 Å². The van der Waals surface area contributed by atoms with Gasteiger partial charge >= 0.3 is 0 Å². The van der Waals surface area contributed by atoms with Gasteiger partial charge in [-0.05, 0) is 43.7 Å². The molecule has 1 saturated carbocycles. The van der Waals surface area contributed by atoms with Gasteiger partial charge in [0.1, 0.15) is 6.04 Å². The van der Waals surface area contributed by atoms with Gasteiger partial charge in [-0.25, -0.2) is 4.99 Å². The third-order valence-corrected chi connectivity index (χ3v) is 7.86. The first-order valence-corrected chi connectivity index (χ1v) is 13.5. The summed E-state index contributed by atoms with van der Waals surface area (Å²) in [5.74, 6) is -0.0590. The van der Waals surface area contributed by atoms with Crippen molar-refractivity contribution in [3.63, 3.8) is 0 Å². The maximum atomic E-state index is 12.9. The minimum atomic E-state index is -0.634. The average molecular weight is 517 g/mol. The molecule has 0 bridgehead atoms. The monoisotopic (exact) mass is 516 g/mol. The Bertz CT molecular complexity index is 1300. The number of carbonyl (C=O) groups is 2. The summed E-state index contributed by atoms with van der Waals surface area (Å²) in [6, 6.07) is 11.5. The first-order chi connectivity index (χ1) is 18.5. The molecule has 3 heterocycles. The van der Waals surface area contributed by atoms with Crippen LogP contribution in [0.4, 0.5) is 0 Å². The lowest BCUT2D eigenvalue weighted by Crippen LogP contribution is -2.47. The molecule has 10 nitrogen and oxygen atoms in total. The molecule has 0 spiro atoms. The predicted octanol–water partition coefficient (Wildman–Crippen LogP) is 2.67. The number of guanidine groups is 1. The molecule has 2 fully saturated rings. The SMILES string of the molecule is NC(N)=N[C@@H](C(=O)NCC(=O)N1CCC(c2cc(-c3cccc4cccnc34)n[nH]2)CC1)C1CCCCC1. The smallest absolute Gasteiger partial charge is 0.245 e. The summed E-state index contributed by atoms with van der Waals surface area (Å²) < 4.78 is 0. The molecule has 2 aliphatic rings. The number of nitrogens with zero attached hydrogens (tertiary/aromatic N) is 4. The predicted molar refractivity (Wildman–Crippen MR) is 147 cm³/mol. The van der Waals surface area contributed by atoms with E-state index in [-0.39, 0.29) is 36.2 Å². The third-order valence-electron chi connectivity index (χ3n) is 7.86. The topological polar surface area (TPSA) is 155 Å². The molecule has 2 amide bonds. The van der Waals surface area contributed by atoms with Gasteiger partial charge in [0.2, 0.25) is 11.8 Å². The fraction of sp³-hybridized carbons (Fsp3) is 0.464. The Morgan fingerprint density at radius 1 is 1.08 bits per heavy atom. The Kier molecular flexibility index (Phi) is 7.86. The van der Waals surface area contributed by atoms with Gasteiger partial charge in [-0.1, -0.05) is 43.5 Å². The van der Waals surface area contributed by atoms with Crippen molar-refractivity contribution < 1.29 is 9.59 Å². The Morgan fingerprint density at radius 3 is 2.61 bits per heavy atom. The highest BCUT2D eigenvalue weighted by atomic mass is 16.2. The van der Waals surface area contributed by atoms with Crippen molar-refractivity contribution in [1.82, 2.24) is 25.4 Å². The summed E-state index contributed by atoms with van der Waals surface area (Å²) in [7, 11) is 0. The van der Waals surface area contributed by atoms with E-state index in [1.165, 1.54) is 6.42 Å².